The lowest BCUT2D eigenvalue weighted by molar-refractivity contribution is -0.249. The van der Waals surface area contributed by atoms with Crippen LogP contribution >= 0.6 is 11.3 Å². The average molecular weight is 585 g/mol. The molecule has 0 radical (unpaired) electrons. The minimum Gasteiger partial charge on any atom is -0.399 e. The van der Waals surface area contributed by atoms with Crippen molar-refractivity contribution in [3.63, 3.8) is 0 Å². The number of alkyl halides is 6. The number of sulfonamides is 1. The minimum atomic E-state index is -5.28. The van der Waals surface area contributed by atoms with Crippen LogP contribution in [0.5, 0.6) is 0 Å². The van der Waals surface area contributed by atoms with Crippen LogP contribution in [0.3, 0.4) is 0 Å². The van der Waals surface area contributed by atoms with Crippen LogP contribution in [-0.2, 0) is 21.8 Å². The first-order chi connectivity index (χ1) is 17.5. The van der Waals surface area contributed by atoms with Crippen LogP contribution < -0.4 is 10.6 Å². The van der Waals surface area contributed by atoms with E-state index < -0.39 is 54.5 Å². The number of nitrogens with two attached hydrogens (primary N) is 1. The predicted octanol–water partition coefficient (Wildman–Crippen LogP) is 3.47. The SMILES string of the molecule is Cc1nc(C(O)(c2ccc(S(=O)(=O)N3CCN(c4ccc(N)cc4C(F)(F)F)C[C@H]3C)s2)C(F)(F)F)n[nH]1. The molecule has 0 aliphatic carbocycles. The van der Waals surface area contributed by atoms with Crippen molar-refractivity contribution in [3.8, 4) is 0 Å². The van der Waals surface area contributed by atoms with E-state index in [-0.39, 0.29) is 48.2 Å². The van der Waals surface area contributed by atoms with Crippen molar-refractivity contribution in [1.82, 2.24) is 19.5 Å². The molecule has 1 aliphatic heterocycles. The minimum absolute atomic E-state index is 0.00792. The van der Waals surface area contributed by atoms with Gasteiger partial charge in [-0.3, -0.25) is 5.10 Å². The molecule has 0 spiro atoms. The predicted molar refractivity (Wildman–Crippen MR) is 126 cm³/mol. The Hall–Kier alpha value is -2.89. The summed E-state index contributed by atoms with van der Waals surface area (Å²) in [5, 5.41) is 16.3. The van der Waals surface area contributed by atoms with Gasteiger partial charge in [0.05, 0.1) is 10.4 Å². The molecule has 4 rings (SSSR count). The molecule has 38 heavy (non-hydrogen) atoms. The number of halogens is 6. The van der Waals surface area contributed by atoms with Crippen molar-refractivity contribution in [2.45, 2.75) is 42.1 Å². The van der Waals surface area contributed by atoms with Crippen LogP contribution in [-0.4, -0.2) is 64.9 Å². The van der Waals surface area contributed by atoms with Gasteiger partial charge < -0.3 is 15.7 Å². The number of H-pyrrole nitrogens is 1. The van der Waals surface area contributed by atoms with Crippen molar-refractivity contribution >= 4 is 32.7 Å². The lowest BCUT2D eigenvalue weighted by Crippen LogP contribution is -2.54. The van der Waals surface area contributed by atoms with Crippen LogP contribution in [0.25, 0.3) is 0 Å². The molecule has 0 saturated carbocycles. The quantitative estimate of drug-likeness (QED) is 0.310. The highest BCUT2D eigenvalue weighted by Gasteiger charge is 2.60. The van der Waals surface area contributed by atoms with Gasteiger partial charge in [-0.25, -0.2) is 13.4 Å². The topological polar surface area (TPSA) is 128 Å². The maximum absolute atomic E-state index is 14.0. The number of piperazine rings is 1. The van der Waals surface area contributed by atoms with Gasteiger partial charge in [0, 0.05) is 37.1 Å². The molecule has 1 unspecified atom stereocenters. The molecule has 3 aromatic rings. The van der Waals surface area contributed by atoms with Gasteiger partial charge in [-0.1, -0.05) is 0 Å². The van der Waals surface area contributed by atoms with Gasteiger partial charge in [-0.15, -0.1) is 11.3 Å². The summed E-state index contributed by atoms with van der Waals surface area (Å²) >= 11 is 0.208. The Morgan fingerprint density at radius 3 is 2.37 bits per heavy atom. The highest BCUT2D eigenvalue weighted by molar-refractivity contribution is 7.91. The van der Waals surface area contributed by atoms with Gasteiger partial charge in [0.15, 0.2) is 5.82 Å². The van der Waals surface area contributed by atoms with Crippen LogP contribution in [0.2, 0.25) is 0 Å². The maximum Gasteiger partial charge on any atom is 0.429 e. The smallest absolute Gasteiger partial charge is 0.399 e. The Morgan fingerprint density at radius 2 is 1.82 bits per heavy atom. The number of hydrogen-bond donors (Lipinski definition) is 3. The lowest BCUT2D eigenvalue weighted by atomic mass is 10.0. The van der Waals surface area contributed by atoms with Gasteiger partial charge in [0.25, 0.3) is 15.6 Å². The molecule has 1 fully saturated rings. The van der Waals surface area contributed by atoms with Crippen molar-refractivity contribution < 1.29 is 39.9 Å². The van der Waals surface area contributed by atoms with Crippen LogP contribution in [0.4, 0.5) is 37.7 Å². The summed E-state index contributed by atoms with van der Waals surface area (Å²) in [7, 11) is -4.37. The number of aromatic nitrogens is 3. The second-order valence-electron chi connectivity index (χ2n) is 8.76. The molecule has 208 valence electrons. The van der Waals surface area contributed by atoms with Gasteiger partial charge in [-0.05, 0) is 44.2 Å². The molecule has 1 aromatic carbocycles. The second kappa shape index (κ2) is 9.39. The summed E-state index contributed by atoms with van der Waals surface area (Å²) in [6, 6.07) is 4.25. The van der Waals surface area contributed by atoms with Crippen molar-refractivity contribution in [2.75, 3.05) is 30.3 Å². The molecule has 17 heteroatoms. The summed E-state index contributed by atoms with van der Waals surface area (Å²) in [5.74, 6) is -0.979. The highest BCUT2D eigenvalue weighted by atomic mass is 32.2. The Kier molecular flexibility index (Phi) is 6.95. The number of aromatic amines is 1. The third-order valence-corrected chi connectivity index (χ3v) is 9.74. The number of thiophene rings is 1. The Bertz CT molecular complexity index is 1440. The van der Waals surface area contributed by atoms with E-state index in [2.05, 4.69) is 15.2 Å². The van der Waals surface area contributed by atoms with Crippen LogP contribution in [0.15, 0.2) is 34.5 Å². The van der Waals surface area contributed by atoms with Gasteiger partial charge in [0.1, 0.15) is 10.0 Å². The highest BCUT2D eigenvalue weighted by Crippen LogP contribution is 2.46. The van der Waals surface area contributed by atoms with E-state index in [1.807, 2.05) is 0 Å². The van der Waals surface area contributed by atoms with Crippen LogP contribution in [0, 0.1) is 6.92 Å². The number of rotatable bonds is 5. The molecular weight excluding hydrogens is 562 g/mol. The summed E-state index contributed by atoms with van der Waals surface area (Å²) in [4.78, 5) is 4.21. The van der Waals surface area contributed by atoms with Gasteiger partial charge in [0.2, 0.25) is 0 Å². The molecule has 9 nitrogen and oxygen atoms in total. The van der Waals surface area contributed by atoms with E-state index in [0.29, 0.717) is 0 Å². The Labute approximate surface area is 216 Å². The van der Waals surface area contributed by atoms with Crippen molar-refractivity contribution in [2.24, 2.45) is 0 Å². The molecule has 1 saturated heterocycles. The fraction of sp³-hybridized carbons (Fsp3) is 0.429. The van der Waals surface area contributed by atoms with Crippen molar-refractivity contribution in [1.29, 1.82) is 0 Å². The van der Waals surface area contributed by atoms with E-state index in [1.54, 1.807) is 0 Å². The van der Waals surface area contributed by atoms with Crippen molar-refractivity contribution in [3.05, 3.63) is 52.4 Å². The van der Waals surface area contributed by atoms with E-state index in [4.69, 9.17) is 5.73 Å². The summed E-state index contributed by atoms with van der Waals surface area (Å²) in [5.41, 5.74) is 0.654. The second-order valence-corrected chi connectivity index (χ2v) is 12.0. The number of aliphatic hydroxyl groups is 1. The third kappa shape index (κ3) is 4.83. The molecule has 1 aliphatic rings. The number of nitrogens with zero attached hydrogens (tertiary/aromatic N) is 4. The summed E-state index contributed by atoms with van der Waals surface area (Å²) < 4.78 is 110. The van der Waals surface area contributed by atoms with E-state index in [0.717, 1.165) is 22.5 Å². The number of anilines is 2. The van der Waals surface area contributed by atoms with Gasteiger partial charge in [-0.2, -0.15) is 35.7 Å². The number of nitrogens with one attached hydrogen (secondary N) is 1. The lowest BCUT2D eigenvalue weighted by Gasteiger charge is -2.40. The zero-order chi connectivity index (χ0) is 28.3. The number of benzene rings is 1. The summed E-state index contributed by atoms with van der Waals surface area (Å²) in [6.45, 7) is 2.35. The molecule has 0 amide bonds. The van der Waals surface area contributed by atoms with E-state index >= 15 is 0 Å². The summed E-state index contributed by atoms with van der Waals surface area (Å²) in [6.07, 6.45) is -9.97. The number of nitrogen functional groups attached to an aromatic ring is 1. The standard InChI is InChI=1S/C21H22F6N6O3S2/c1-11-10-32(15-4-3-13(28)9-14(15)20(22,23)24)7-8-33(11)38(35,36)17-6-5-16(37-17)19(34,21(25,26)27)18-29-12(2)30-31-18/h3-6,9,11,34H,7-8,10,28H2,1-2H3,(H,29,30,31)/t11-,19?/m1/s1. The zero-order valence-electron chi connectivity index (χ0n) is 19.8. The first-order valence-corrected chi connectivity index (χ1v) is 13.2. The van der Waals surface area contributed by atoms with Crippen LogP contribution in [0.1, 0.15) is 29.0 Å². The Morgan fingerprint density at radius 1 is 1.13 bits per heavy atom. The Balaban J connectivity index is 1.62. The molecule has 4 N–H and O–H groups in total. The normalized spacial score (nSPS) is 19.5. The average Bonchev–Trinajstić information content (AvgIpc) is 3.47. The molecule has 2 aromatic heterocycles. The largest absolute Gasteiger partial charge is 0.429 e. The monoisotopic (exact) mass is 584 g/mol. The fourth-order valence-corrected chi connectivity index (χ4v) is 7.38. The number of hydrogen-bond acceptors (Lipinski definition) is 8. The zero-order valence-corrected chi connectivity index (χ0v) is 21.4. The molecular formula is C21H22F6N6O3S2. The fourth-order valence-electron chi connectivity index (χ4n) is 4.22. The van der Waals surface area contributed by atoms with Gasteiger partial charge >= 0.3 is 12.4 Å². The first-order valence-electron chi connectivity index (χ1n) is 11.0. The van der Waals surface area contributed by atoms with E-state index in [1.165, 1.54) is 30.9 Å². The first kappa shape index (κ1) is 28.1. The molecule has 2 atom stereocenters. The maximum atomic E-state index is 14.0. The number of aryl methyl sites for hydroxylation is 1. The van der Waals surface area contributed by atoms with E-state index in [9.17, 15) is 39.9 Å². The molecule has 3 heterocycles. The molecule has 0 bridgehead atoms. The third-order valence-electron chi connectivity index (χ3n) is 6.07.